The average molecular weight is 385 g/mol. The van der Waals surface area contributed by atoms with Gasteiger partial charge in [-0.2, -0.15) is 0 Å². The Bertz CT molecular complexity index is 772. The summed E-state index contributed by atoms with van der Waals surface area (Å²) in [5.41, 5.74) is 3.94. The molecule has 4 nitrogen and oxygen atoms in total. The summed E-state index contributed by atoms with van der Waals surface area (Å²) in [6.07, 6.45) is 3.34. The molecule has 0 aliphatic carbocycles. The van der Waals surface area contributed by atoms with Crippen molar-refractivity contribution in [2.24, 2.45) is 0 Å². The second-order valence-corrected chi connectivity index (χ2v) is 7.52. The number of carbonyl (C=O) groups is 2. The van der Waals surface area contributed by atoms with Crippen molar-refractivity contribution in [3.8, 4) is 0 Å². The van der Waals surface area contributed by atoms with Crippen LogP contribution in [0.15, 0.2) is 47.4 Å². The fourth-order valence-corrected chi connectivity index (χ4v) is 3.42. The van der Waals surface area contributed by atoms with Crippen LogP contribution in [0.2, 0.25) is 0 Å². The number of hydrogen-bond acceptors (Lipinski definition) is 3. The molecule has 0 aliphatic heterocycles. The zero-order chi connectivity index (χ0) is 19.6. The molecule has 2 amide bonds. The Balaban J connectivity index is 1.86. The number of unbranched alkanes of at least 4 members (excludes halogenated alkanes) is 1. The molecule has 0 radical (unpaired) electrons. The van der Waals surface area contributed by atoms with Crippen LogP contribution in [-0.2, 0) is 16.0 Å². The molecular formula is C22H28N2O2S. The Morgan fingerprint density at radius 2 is 1.70 bits per heavy atom. The van der Waals surface area contributed by atoms with Gasteiger partial charge in [0.2, 0.25) is 11.8 Å². The first-order valence-electron chi connectivity index (χ1n) is 9.44. The number of carbonyl (C=O) groups excluding carboxylic acids is 2. The van der Waals surface area contributed by atoms with Gasteiger partial charge in [-0.3, -0.25) is 9.59 Å². The minimum absolute atomic E-state index is 0.0130. The van der Waals surface area contributed by atoms with Crippen molar-refractivity contribution in [1.82, 2.24) is 0 Å². The van der Waals surface area contributed by atoms with E-state index in [1.54, 1.807) is 0 Å². The van der Waals surface area contributed by atoms with Crippen molar-refractivity contribution < 1.29 is 9.59 Å². The number of anilines is 2. The minimum Gasteiger partial charge on any atom is -0.326 e. The van der Waals surface area contributed by atoms with Gasteiger partial charge in [-0.05, 0) is 55.2 Å². The van der Waals surface area contributed by atoms with Crippen LogP contribution in [-0.4, -0.2) is 17.6 Å². The lowest BCUT2D eigenvalue weighted by atomic mass is 10.1. The first-order chi connectivity index (χ1) is 13.0. The minimum atomic E-state index is -0.0130. The number of para-hydroxylation sites is 1. The lowest BCUT2D eigenvalue weighted by Crippen LogP contribution is -2.16. The quantitative estimate of drug-likeness (QED) is 0.568. The normalized spacial score (nSPS) is 10.5. The highest BCUT2D eigenvalue weighted by Gasteiger charge is 2.09. The van der Waals surface area contributed by atoms with Crippen LogP contribution in [0.25, 0.3) is 0 Å². The maximum Gasteiger partial charge on any atom is 0.234 e. The third kappa shape index (κ3) is 6.75. The summed E-state index contributed by atoms with van der Waals surface area (Å²) in [6.45, 7) is 6.16. The van der Waals surface area contributed by atoms with Crippen LogP contribution in [0, 0.1) is 6.92 Å². The van der Waals surface area contributed by atoms with Gasteiger partial charge in [0.05, 0.1) is 5.75 Å². The van der Waals surface area contributed by atoms with Crippen LogP contribution in [0.3, 0.4) is 0 Å². The Labute approximate surface area is 166 Å². The highest BCUT2D eigenvalue weighted by Crippen LogP contribution is 2.23. The van der Waals surface area contributed by atoms with E-state index in [0.29, 0.717) is 12.2 Å². The van der Waals surface area contributed by atoms with E-state index in [4.69, 9.17) is 0 Å². The predicted octanol–water partition coefficient (Wildman–Crippen LogP) is 5.42. The second-order valence-electron chi connectivity index (χ2n) is 6.48. The van der Waals surface area contributed by atoms with Crippen molar-refractivity contribution in [2.45, 2.75) is 51.3 Å². The van der Waals surface area contributed by atoms with E-state index in [2.05, 4.69) is 24.5 Å². The summed E-state index contributed by atoms with van der Waals surface area (Å²) < 4.78 is 0. The molecule has 0 bridgehead atoms. The molecule has 2 aromatic rings. The Morgan fingerprint density at radius 3 is 2.37 bits per heavy atom. The van der Waals surface area contributed by atoms with Gasteiger partial charge in [0.25, 0.3) is 0 Å². The summed E-state index contributed by atoms with van der Waals surface area (Å²) in [5.74, 6) is 0.377. The number of hydrogen-bond donors (Lipinski definition) is 2. The van der Waals surface area contributed by atoms with Gasteiger partial charge in [-0.25, -0.2) is 0 Å². The van der Waals surface area contributed by atoms with Crippen molar-refractivity contribution in [2.75, 3.05) is 16.4 Å². The van der Waals surface area contributed by atoms with Crippen molar-refractivity contribution in [3.05, 3.63) is 53.6 Å². The highest BCUT2D eigenvalue weighted by atomic mass is 32.2. The van der Waals surface area contributed by atoms with E-state index in [0.717, 1.165) is 46.7 Å². The summed E-state index contributed by atoms with van der Waals surface area (Å²) >= 11 is 1.48. The molecule has 27 heavy (non-hydrogen) atoms. The zero-order valence-electron chi connectivity index (χ0n) is 16.3. The Morgan fingerprint density at radius 1 is 0.963 bits per heavy atom. The molecular weight excluding hydrogens is 356 g/mol. The topological polar surface area (TPSA) is 58.2 Å². The molecule has 2 aromatic carbocycles. The fourth-order valence-electron chi connectivity index (χ4n) is 2.72. The third-order valence-electron chi connectivity index (χ3n) is 4.27. The second kappa shape index (κ2) is 10.8. The largest absolute Gasteiger partial charge is 0.326 e. The number of aryl methyl sites for hydroxylation is 2. The first kappa shape index (κ1) is 21.0. The molecule has 0 spiro atoms. The van der Waals surface area contributed by atoms with Gasteiger partial charge in [0, 0.05) is 22.7 Å². The Kier molecular flexibility index (Phi) is 8.40. The van der Waals surface area contributed by atoms with Crippen molar-refractivity contribution in [3.63, 3.8) is 0 Å². The average Bonchev–Trinajstić information content (AvgIpc) is 2.67. The van der Waals surface area contributed by atoms with Crippen LogP contribution in [0.5, 0.6) is 0 Å². The van der Waals surface area contributed by atoms with Gasteiger partial charge < -0.3 is 10.6 Å². The van der Waals surface area contributed by atoms with Crippen molar-refractivity contribution >= 4 is 35.0 Å². The monoisotopic (exact) mass is 384 g/mol. The van der Waals surface area contributed by atoms with Crippen LogP contribution < -0.4 is 10.6 Å². The number of amides is 2. The molecule has 0 atom stereocenters. The lowest BCUT2D eigenvalue weighted by Gasteiger charge is -2.13. The van der Waals surface area contributed by atoms with Gasteiger partial charge in [-0.1, -0.05) is 38.5 Å². The molecule has 2 N–H and O–H groups in total. The van der Waals surface area contributed by atoms with Gasteiger partial charge >= 0.3 is 0 Å². The Hall–Kier alpha value is -2.27. The maximum absolute atomic E-state index is 12.3. The molecule has 0 unspecified atom stereocenters. The van der Waals surface area contributed by atoms with Gasteiger partial charge in [0.1, 0.15) is 0 Å². The smallest absolute Gasteiger partial charge is 0.234 e. The van der Waals surface area contributed by atoms with Gasteiger partial charge in [-0.15, -0.1) is 11.8 Å². The van der Waals surface area contributed by atoms with E-state index in [1.807, 2.05) is 49.4 Å². The van der Waals surface area contributed by atoms with Crippen LogP contribution in [0.1, 0.15) is 44.2 Å². The van der Waals surface area contributed by atoms with Crippen molar-refractivity contribution in [1.29, 1.82) is 0 Å². The zero-order valence-corrected chi connectivity index (χ0v) is 17.1. The molecule has 0 saturated heterocycles. The summed E-state index contributed by atoms with van der Waals surface area (Å²) in [5, 5.41) is 5.93. The summed E-state index contributed by atoms with van der Waals surface area (Å²) in [7, 11) is 0. The SMILES string of the molecule is CCCCC(=O)Nc1ccc(SCC(=O)Nc2c(C)cccc2CC)cc1. The first-order valence-corrected chi connectivity index (χ1v) is 10.4. The molecule has 144 valence electrons. The number of thioether (sulfide) groups is 1. The fraction of sp³-hybridized carbons (Fsp3) is 0.364. The molecule has 0 aliphatic rings. The van der Waals surface area contributed by atoms with Crippen LogP contribution >= 0.6 is 11.8 Å². The summed E-state index contributed by atoms with van der Waals surface area (Å²) in [4.78, 5) is 25.1. The predicted molar refractivity (Wildman–Crippen MR) is 115 cm³/mol. The molecule has 0 aromatic heterocycles. The molecule has 0 saturated carbocycles. The van der Waals surface area contributed by atoms with E-state index in [9.17, 15) is 9.59 Å². The highest BCUT2D eigenvalue weighted by molar-refractivity contribution is 8.00. The lowest BCUT2D eigenvalue weighted by molar-refractivity contribution is -0.116. The number of benzene rings is 2. The maximum atomic E-state index is 12.3. The van der Waals surface area contributed by atoms with Gasteiger partial charge in [0.15, 0.2) is 0 Å². The van der Waals surface area contributed by atoms with E-state index >= 15 is 0 Å². The third-order valence-corrected chi connectivity index (χ3v) is 5.28. The molecule has 0 fully saturated rings. The molecule has 5 heteroatoms. The number of nitrogens with one attached hydrogen (secondary N) is 2. The number of rotatable bonds is 9. The van der Waals surface area contributed by atoms with Crippen LogP contribution in [0.4, 0.5) is 11.4 Å². The van der Waals surface area contributed by atoms with E-state index < -0.39 is 0 Å². The van der Waals surface area contributed by atoms with E-state index in [-0.39, 0.29) is 11.8 Å². The molecule has 0 heterocycles. The van der Waals surface area contributed by atoms with E-state index in [1.165, 1.54) is 11.8 Å². The molecule has 2 rings (SSSR count). The summed E-state index contributed by atoms with van der Waals surface area (Å²) in [6, 6.07) is 13.7. The standard InChI is InChI=1S/C22H28N2O2S/c1-4-6-10-20(25)23-18-11-13-19(14-12-18)27-15-21(26)24-22-16(3)8-7-9-17(22)5-2/h7-9,11-14H,4-6,10,15H2,1-3H3,(H,23,25)(H,24,26).